The predicted molar refractivity (Wildman–Crippen MR) is 159 cm³/mol. The largest absolute Gasteiger partial charge is 0.870 e. The van der Waals surface area contributed by atoms with Gasteiger partial charge in [0, 0.05) is 10.0 Å². The molecule has 0 amide bonds. The second-order valence-electron chi connectivity index (χ2n) is 8.28. The Hall–Kier alpha value is -3.00. The van der Waals surface area contributed by atoms with Crippen molar-refractivity contribution in [3.8, 4) is 17.2 Å². The highest BCUT2D eigenvalue weighted by atomic mass is 35.5. The monoisotopic (exact) mass is 564 g/mol. The van der Waals surface area contributed by atoms with Crippen LogP contribution in [0.25, 0.3) is 0 Å². The van der Waals surface area contributed by atoms with E-state index in [9.17, 15) is 5.11 Å². The van der Waals surface area contributed by atoms with Crippen molar-refractivity contribution >= 4 is 58.0 Å². The van der Waals surface area contributed by atoms with Crippen LogP contribution in [0.2, 0.25) is 15.1 Å². The van der Waals surface area contributed by atoms with Crippen LogP contribution in [0.5, 0.6) is 17.2 Å². The summed E-state index contributed by atoms with van der Waals surface area (Å²) in [4.78, 5) is 0. The lowest BCUT2D eigenvalue weighted by molar-refractivity contribution is -0.269. The van der Waals surface area contributed by atoms with E-state index in [1.54, 1.807) is 24.3 Å². The van der Waals surface area contributed by atoms with Gasteiger partial charge in [-0.3, -0.25) is 0 Å². The first-order chi connectivity index (χ1) is 17.9. The van der Waals surface area contributed by atoms with Crippen molar-refractivity contribution in [2.45, 2.75) is 0 Å². The van der Waals surface area contributed by atoms with Gasteiger partial charge in [-0.2, -0.15) is 0 Å². The van der Waals surface area contributed by atoms with E-state index in [-0.39, 0.29) is 11.5 Å². The minimum Gasteiger partial charge on any atom is -0.870 e. The molecule has 0 aliphatic heterocycles. The van der Waals surface area contributed by atoms with Crippen molar-refractivity contribution in [3.63, 3.8) is 0 Å². The summed E-state index contributed by atoms with van der Waals surface area (Å²) in [5.41, 5.74) is 0. The van der Waals surface area contributed by atoms with E-state index in [4.69, 9.17) is 39.5 Å². The van der Waals surface area contributed by atoms with E-state index in [1.165, 1.54) is 28.0 Å². The Balaban J connectivity index is 0.000000176. The van der Waals surface area contributed by atoms with E-state index >= 15 is 0 Å². The van der Waals surface area contributed by atoms with Gasteiger partial charge in [0.15, 0.2) is 0 Å². The van der Waals surface area contributed by atoms with Crippen LogP contribution in [0.1, 0.15) is 0 Å². The standard InChI is InChI=1S/C19H18P.C12H7Cl3O2/c1-20(17-11-5-2-6-12-17,18-13-7-3-8-14-18)19-15-9-4-10-16-19;13-7-1-3-11(9(15)5-7)17-12-4-2-8(14)6-10(12)16/h2-16H,1H3;1-6,16H/q+1;/p-1. The number of halogens is 3. The summed E-state index contributed by atoms with van der Waals surface area (Å²) in [5, 5.41) is 17.0. The third-order valence-electron chi connectivity index (χ3n) is 5.84. The summed E-state index contributed by atoms with van der Waals surface area (Å²) in [5.74, 6) is 0.234. The summed E-state index contributed by atoms with van der Waals surface area (Å²) in [6.45, 7) is 2.41. The van der Waals surface area contributed by atoms with Crippen LogP contribution >= 0.6 is 42.1 Å². The quantitative estimate of drug-likeness (QED) is 0.202. The molecule has 0 atom stereocenters. The zero-order valence-corrected chi connectivity index (χ0v) is 23.2. The molecule has 0 saturated carbocycles. The topological polar surface area (TPSA) is 32.3 Å². The Labute approximate surface area is 233 Å². The van der Waals surface area contributed by atoms with Crippen molar-refractivity contribution in [2.24, 2.45) is 0 Å². The molecular weight excluding hydrogens is 542 g/mol. The molecular formula is C31H24Cl3O2P. The first-order valence-corrected chi connectivity index (χ1v) is 14.9. The number of hydrogen-bond acceptors (Lipinski definition) is 2. The average Bonchev–Trinajstić information content (AvgIpc) is 2.93. The van der Waals surface area contributed by atoms with Gasteiger partial charge in [0.05, 0.1) is 11.7 Å². The van der Waals surface area contributed by atoms with Gasteiger partial charge in [-0.25, -0.2) is 0 Å². The molecule has 37 heavy (non-hydrogen) atoms. The van der Waals surface area contributed by atoms with Crippen molar-refractivity contribution < 1.29 is 9.84 Å². The summed E-state index contributed by atoms with van der Waals surface area (Å²) in [7, 11) is -1.53. The molecule has 0 unspecified atom stereocenters. The lowest BCUT2D eigenvalue weighted by Crippen LogP contribution is -2.30. The van der Waals surface area contributed by atoms with Crippen LogP contribution < -0.4 is 25.8 Å². The summed E-state index contributed by atoms with van der Waals surface area (Å²) >= 11 is 17.4. The number of ether oxygens (including phenoxy) is 1. The first kappa shape index (κ1) is 27.0. The van der Waals surface area contributed by atoms with Gasteiger partial charge >= 0.3 is 0 Å². The predicted octanol–water partition coefficient (Wildman–Crippen LogP) is 8.12. The number of hydrogen-bond donors (Lipinski definition) is 0. The fraction of sp³-hybridized carbons (Fsp3) is 0.0323. The maximum Gasteiger partial charge on any atom is 0.146 e. The second-order valence-corrected chi connectivity index (χ2v) is 13.1. The highest BCUT2D eigenvalue weighted by molar-refractivity contribution is 7.95. The fourth-order valence-corrected chi connectivity index (χ4v) is 7.68. The Bertz CT molecular complexity index is 1300. The maximum atomic E-state index is 11.5. The van der Waals surface area contributed by atoms with Crippen LogP contribution in [0, 0.1) is 0 Å². The molecule has 2 nitrogen and oxygen atoms in total. The number of rotatable bonds is 5. The van der Waals surface area contributed by atoms with Crippen molar-refractivity contribution in [3.05, 3.63) is 142 Å². The van der Waals surface area contributed by atoms with Gasteiger partial charge < -0.3 is 9.84 Å². The lowest BCUT2D eigenvalue weighted by Gasteiger charge is -2.22. The molecule has 6 heteroatoms. The van der Waals surface area contributed by atoms with Gasteiger partial charge in [0.25, 0.3) is 0 Å². The van der Waals surface area contributed by atoms with Crippen LogP contribution in [0.4, 0.5) is 0 Å². The van der Waals surface area contributed by atoms with Gasteiger partial charge in [0.2, 0.25) is 0 Å². The minimum atomic E-state index is -1.53. The Kier molecular flexibility index (Phi) is 9.14. The molecule has 0 N–H and O–H groups in total. The van der Waals surface area contributed by atoms with Gasteiger partial charge in [-0.05, 0) is 72.8 Å². The maximum absolute atomic E-state index is 11.5. The summed E-state index contributed by atoms with van der Waals surface area (Å²) < 4.78 is 5.39. The van der Waals surface area contributed by atoms with E-state index in [0.29, 0.717) is 20.8 Å². The molecule has 5 aromatic carbocycles. The normalized spacial score (nSPS) is 10.8. The molecule has 0 bridgehead atoms. The van der Waals surface area contributed by atoms with Gasteiger partial charge in [0.1, 0.15) is 34.7 Å². The molecule has 0 aliphatic rings. The third kappa shape index (κ3) is 6.66. The number of benzene rings is 5. The third-order valence-corrected chi connectivity index (χ3v) is 10.6. The molecule has 0 radical (unpaired) electrons. The zero-order valence-electron chi connectivity index (χ0n) is 20.0. The lowest BCUT2D eigenvalue weighted by atomic mass is 10.3. The van der Waals surface area contributed by atoms with Crippen LogP contribution in [0.3, 0.4) is 0 Å². The SMILES string of the molecule is C[P+](c1ccccc1)(c1ccccc1)c1ccccc1.[O-]c1cc(Cl)ccc1Oc1ccc(Cl)cc1Cl. The molecule has 0 aromatic heterocycles. The van der Waals surface area contributed by atoms with E-state index in [1.807, 2.05) is 0 Å². The van der Waals surface area contributed by atoms with Crippen LogP contribution in [0.15, 0.2) is 127 Å². The molecule has 0 fully saturated rings. The van der Waals surface area contributed by atoms with Gasteiger partial charge in [-0.1, -0.05) is 95.1 Å². The summed E-state index contributed by atoms with van der Waals surface area (Å²) in [6, 6.07) is 41.7. The highest BCUT2D eigenvalue weighted by Crippen LogP contribution is 2.51. The summed E-state index contributed by atoms with van der Waals surface area (Å²) in [6.07, 6.45) is 0. The molecule has 0 aliphatic carbocycles. The van der Waals surface area contributed by atoms with Crippen molar-refractivity contribution in [1.29, 1.82) is 0 Å². The Morgan fingerprint density at radius 3 is 1.35 bits per heavy atom. The van der Waals surface area contributed by atoms with Crippen molar-refractivity contribution in [1.82, 2.24) is 0 Å². The highest BCUT2D eigenvalue weighted by Gasteiger charge is 2.39. The van der Waals surface area contributed by atoms with E-state index < -0.39 is 7.26 Å². The van der Waals surface area contributed by atoms with Crippen molar-refractivity contribution in [2.75, 3.05) is 6.66 Å². The molecule has 0 spiro atoms. The molecule has 186 valence electrons. The van der Waals surface area contributed by atoms with Gasteiger partial charge in [-0.15, -0.1) is 0 Å². The van der Waals surface area contributed by atoms with Crippen LogP contribution in [-0.4, -0.2) is 6.66 Å². The first-order valence-electron chi connectivity index (χ1n) is 11.5. The second kappa shape index (κ2) is 12.5. The fourth-order valence-electron chi connectivity index (χ4n) is 3.87. The molecule has 0 saturated heterocycles. The molecule has 0 heterocycles. The zero-order chi connectivity index (χ0) is 26.3. The molecule has 5 aromatic rings. The van der Waals surface area contributed by atoms with E-state index in [0.717, 1.165) is 0 Å². The van der Waals surface area contributed by atoms with Crippen LogP contribution in [-0.2, 0) is 0 Å². The molecule has 5 rings (SSSR count). The smallest absolute Gasteiger partial charge is 0.146 e. The minimum absolute atomic E-state index is 0.165. The van der Waals surface area contributed by atoms with E-state index in [2.05, 4.69) is 97.7 Å². The average molecular weight is 566 g/mol. The Morgan fingerprint density at radius 1 is 0.541 bits per heavy atom. The Morgan fingerprint density at radius 2 is 0.946 bits per heavy atom.